The second-order valence-electron chi connectivity index (χ2n) is 5.54. The Labute approximate surface area is 107 Å². The Hall–Kier alpha value is -1.35. The molecule has 1 N–H and O–H groups in total. The minimum Gasteiger partial charge on any atom is -0.357 e. The van der Waals surface area contributed by atoms with E-state index in [1.54, 1.807) is 12.1 Å². The van der Waals surface area contributed by atoms with Crippen LogP contribution in [-0.2, 0) is 13.0 Å². The van der Waals surface area contributed by atoms with Crippen LogP contribution in [0.3, 0.4) is 0 Å². The highest BCUT2D eigenvalue weighted by Crippen LogP contribution is 2.31. The zero-order valence-corrected chi connectivity index (χ0v) is 11.2. The number of halogens is 1. The molecular formula is C15H19FN2. The molecule has 0 unspecified atom stereocenters. The van der Waals surface area contributed by atoms with Gasteiger partial charge in [0.1, 0.15) is 5.82 Å². The lowest BCUT2D eigenvalue weighted by Gasteiger charge is -2.30. The normalized spacial score (nSPS) is 16.5. The van der Waals surface area contributed by atoms with Gasteiger partial charge in [-0.15, -0.1) is 0 Å². The molecule has 0 amide bonds. The molecule has 0 aliphatic carbocycles. The minimum atomic E-state index is -0.153. The zero-order valence-electron chi connectivity index (χ0n) is 11.2. The third kappa shape index (κ3) is 1.74. The van der Waals surface area contributed by atoms with Crippen molar-refractivity contribution in [1.82, 2.24) is 9.88 Å². The summed E-state index contributed by atoms with van der Waals surface area (Å²) in [4.78, 5) is 5.85. The van der Waals surface area contributed by atoms with Gasteiger partial charge in [-0.2, -0.15) is 0 Å². The molecule has 0 radical (unpaired) electrons. The number of benzene rings is 1. The summed E-state index contributed by atoms with van der Waals surface area (Å²) in [5.41, 5.74) is 4.64. The lowest BCUT2D eigenvalue weighted by molar-refractivity contribution is 0.201. The van der Waals surface area contributed by atoms with E-state index >= 15 is 0 Å². The van der Waals surface area contributed by atoms with Crippen LogP contribution in [0.4, 0.5) is 4.39 Å². The molecule has 96 valence electrons. The van der Waals surface area contributed by atoms with Crippen molar-refractivity contribution in [2.75, 3.05) is 6.54 Å². The first kappa shape index (κ1) is 11.7. The number of nitrogens with zero attached hydrogens (tertiary/aromatic N) is 1. The summed E-state index contributed by atoms with van der Waals surface area (Å²) < 4.78 is 13.4. The largest absolute Gasteiger partial charge is 0.357 e. The molecule has 0 saturated heterocycles. The van der Waals surface area contributed by atoms with Crippen molar-refractivity contribution in [3.63, 3.8) is 0 Å². The van der Waals surface area contributed by atoms with Gasteiger partial charge in [-0.3, -0.25) is 4.90 Å². The Morgan fingerprint density at radius 1 is 1.33 bits per heavy atom. The molecule has 3 heteroatoms. The summed E-state index contributed by atoms with van der Waals surface area (Å²) in [6, 6.07) is 3.80. The molecule has 3 rings (SSSR count). The number of rotatable bonds is 1. The van der Waals surface area contributed by atoms with E-state index in [-0.39, 0.29) is 5.82 Å². The van der Waals surface area contributed by atoms with E-state index in [1.165, 1.54) is 16.6 Å². The van der Waals surface area contributed by atoms with Crippen molar-refractivity contribution in [3.8, 4) is 0 Å². The van der Waals surface area contributed by atoms with Gasteiger partial charge in [0.15, 0.2) is 0 Å². The number of hydrogen-bond donors (Lipinski definition) is 1. The summed E-state index contributed by atoms with van der Waals surface area (Å²) in [6.45, 7) is 8.47. The zero-order chi connectivity index (χ0) is 12.9. The predicted molar refractivity (Wildman–Crippen MR) is 72.2 cm³/mol. The summed E-state index contributed by atoms with van der Waals surface area (Å²) in [5, 5.41) is 1.23. The van der Waals surface area contributed by atoms with Crippen LogP contribution in [0.5, 0.6) is 0 Å². The Morgan fingerprint density at radius 3 is 2.83 bits per heavy atom. The highest BCUT2D eigenvalue weighted by molar-refractivity contribution is 5.88. The first-order chi connectivity index (χ1) is 8.56. The average Bonchev–Trinajstić information content (AvgIpc) is 2.65. The highest BCUT2D eigenvalue weighted by Gasteiger charge is 2.22. The number of hydrogen-bond acceptors (Lipinski definition) is 1. The second kappa shape index (κ2) is 4.09. The number of H-pyrrole nitrogens is 1. The third-order valence-corrected chi connectivity index (χ3v) is 3.99. The van der Waals surface area contributed by atoms with Gasteiger partial charge in [0.25, 0.3) is 0 Å². The maximum atomic E-state index is 13.4. The molecule has 0 fully saturated rings. The summed E-state index contributed by atoms with van der Waals surface area (Å²) in [6.07, 6.45) is 1.06. The Balaban J connectivity index is 2.13. The fourth-order valence-electron chi connectivity index (χ4n) is 3.02. The van der Waals surface area contributed by atoms with Crippen molar-refractivity contribution >= 4 is 10.9 Å². The monoisotopic (exact) mass is 246 g/mol. The van der Waals surface area contributed by atoms with Crippen LogP contribution in [0.15, 0.2) is 12.1 Å². The van der Waals surface area contributed by atoms with Crippen molar-refractivity contribution < 1.29 is 4.39 Å². The maximum absolute atomic E-state index is 13.4. The molecule has 1 aromatic heterocycles. The van der Waals surface area contributed by atoms with Crippen molar-refractivity contribution in [3.05, 3.63) is 34.8 Å². The molecule has 2 heterocycles. The van der Waals surface area contributed by atoms with E-state index in [2.05, 4.69) is 23.7 Å². The molecule has 0 atom stereocenters. The molecule has 18 heavy (non-hydrogen) atoms. The topological polar surface area (TPSA) is 19.0 Å². The van der Waals surface area contributed by atoms with Crippen molar-refractivity contribution in [1.29, 1.82) is 0 Å². The van der Waals surface area contributed by atoms with Gasteiger partial charge >= 0.3 is 0 Å². The highest BCUT2D eigenvalue weighted by atomic mass is 19.1. The van der Waals surface area contributed by atoms with Gasteiger partial charge in [0.2, 0.25) is 0 Å². The average molecular weight is 246 g/mol. The van der Waals surface area contributed by atoms with Crippen LogP contribution < -0.4 is 0 Å². The molecule has 1 aliphatic heterocycles. The Kier molecular flexibility index (Phi) is 2.67. The second-order valence-corrected chi connectivity index (χ2v) is 5.54. The van der Waals surface area contributed by atoms with Crippen LogP contribution >= 0.6 is 0 Å². The van der Waals surface area contributed by atoms with Gasteiger partial charge < -0.3 is 4.98 Å². The van der Waals surface area contributed by atoms with Gasteiger partial charge in [0.05, 0.1) is 0 Å². The maximum Gasteiger partial charge on any atom is 0.125 e. The lowest BCUT2D eigenvalue weighted by Crippen LogP contribution is -2.35. The SMILES string of the molecule is Cc1cc(F)cc2[nH]c3c(c12)CCN(C(C)C)C3. The van der Waals surface area contributed by atoms with E-state index < -0.39 is 0 Å². The van der Waals surface area contributed by atoms with E-state index in [4.69, 9.17) is 0 Å². The summed E-state index contributed by atoms with van der Waals surface area (Å²) >= 11 is 0. The molecule has 0 bridgehead atoms. The number of aromatic nitrogens is 1. The van der Waals surface area contributed by atoms with Gasteiger partial charge in [-0.25, -0.2) is 4.39 Å². The first-order valence-corrected chi connectivity index (χ1v) is 6.60. The lowest BCUT2D eigenvalue weighted by atomic mass is 9.99. The van der Waals surface area contributed by atoms with Crippen molar-refractivity contribution in [2.45, 2.75) is 39.8 Å². The van der Waals surface area contributed by atoms with E-state index in [0.29, 0.717) is 6.04 Å². The Bertz CT molecular complexity index is 598. The van der Waals surface area contributed by atoms with Crippen LogP contribution in [0.1, 0.15) is 30.7 Å². The van der Waals surface area contributed by atoms with Crippen LogP contribution in [0.25, 0.3) is 10.9 Å². The van der Waals surface area contributed by atoms with Crippen molar-refractivity contribution in [2.24, 2.45) is 0 Å². The van der Waals surface area contributed by atoms with Gasteiger partial charge in [-0.1, -0.05) is 0 Å². The molecule has 2 nitrogen and oxygen atoms in total. The summed E-state index contributed by atoms with van der Waals surface area (Å²) in [7, 11) is 0. The standard InChI is InChI=1S/C15H19FN2/c1-9(2)18-5-4-12-14(8-18)17-13-7-11(16)6-10(3)15(12)13/h6-7,9,17H,4-5,8H2,1-3H3. The molecule has 0 spiro atoms. The number of fused-ring (bicyclic) bond motifs is 3. The van der Waals surface area contributed by atoms with E-state index in [0.717, 1.165) is 30.6 Å². The summed E-state index contributed by atoms with van der Waals surface area (Å²) in [5.74, 6) is -0.153. The number of aromatic amines is 1. The molecular weight excluding hydrogens is 227 g/mol. The Morgan fingerprint density at radius 2 is 2.11 bits per heavy atom. The fraction of sp³-hybridized carbons (Fsp3) is 0.467. The van der Waals surface area contributed by atoms with Gasteiger partial charge in [0, 0.05) is 35.7 Å². The third-order valence-electron chi connectivity index (χ3n) is 3.99. The minimum absolute atomic E-state index is 0.153. The molecule has 1 aliphatic rings. The van der Waals surface area contributed by atoms with Crippen LogP contribution in [0.2, 0.25) is 0 Å². The number of nitrogens with one attached hydrogen (secondary N) is 1. The first-order valence-electron chi connectivity index (χ1n) is 6.60. The molecule has 0 saturated carbocycles. The molecule has 2 aromatic rings. The van der Waals surface area contributed by atoms with Gasteiger partial charge in [-0.05, 0) is 50.5 Å². The van der Waals surface area contributed by atoms with Crippen LogP contribution in [0, 0.1) is 12.7 Å². The number of aryl methyl sites for hydroxylation is 1. The quantitative estimate of drug-likeness (QED) is 0.817. The predicted octanol–water partition coefficient (Wildman–Crippen LogP) is 3.38. The fourth-order valence-corrected chi connectivity index (χ4v) is 3.02. The molecule has 1 aromatic carbocycles. The van der Waals surface area contributed by atoms with E-state index in [9.17, 15) is 4.39 Å². The van der Waals surface area contributed by atoms with Crippen LogP contribution in [-0.4, -0.2) is 22.5 Å². The van der Waals surface area contributed by atoms with E-state index in [1.807, 2.05) is 6.92 Å². The smallest absolute Gasteiger partial charge is 0.125 e.